The second kappa shape index (κ2) is 7.48. The van der Waals surface area contributed by atoms with Gasteiger partial charge in [0.15, 0.2) is 0 Å². The van der Waals surface area contributed by atoms with Crippen LogP contribution in [0.4, 0.5) is 0 Å². The number of nitrogens with zero attached hydrogens (tertiary/aromatic N) is 1. The highest BCUT2D eigenvalue weighted by molar-refractivity contribution is 5.93. The number of rotatable bonds is 4. The third-order valence-corrected chi connectivity index (χ3v) is 4.48. The average Bonchev–Trinajstić information content (AvgIpc) is 2.67. The van der Waals surface area contributed by atoms with Gasteiger partial charge < -0.3 is 24.9 Å². The molecule has 8 nitrogen and oxygen atoms in total. The second-order valence-electron chi connectivity index (χ2n) is 6.12. The van der Waals surface area contributed by atoms with E-state index in [-0.39, 0.29) is 28.4 Å². The van der Waals surface area contributed by atoms with Crippen molar-refractivity contribution in [1.29, 1.82) is 5.26 Å². The summed E-state index contributed by atoms with van der Waals surface area (Å²) in [6.45, 7) is 3.89. The van der Waals surface area contributed by atoms with Gasteiger partial charge in [0.05, 0.1) is 25.2 Å². The molecule has 0 aliphatic carbocycles. The van der Waals surface area contributed by atoms with E-state index < -0.39 is 17.4 Å². The van der Waals surface area contributed by atoms with Gasteiger partial charge in [-0.05, 0) is 38.1 Å². The van der Waals surface area contributed by atoms with Gasteiger partial charge in [0.2, 0.25) is 5.88 Å². The number of allylic oxidation sites excluding steroid dienone is 2. The summed E-state index contributed by atoms with van der Waals surface area (Å²) in [4.78, 5) is 28.0. The molecule has 0 saturated heterocycles. The van der Waals surface area contributed by atoms with Crippen LogP contribution in [0.5, 0.6) is 5.75 Å². The Hall–Kier alpha value is -3.73. The minimum atomic E-state index is -1.00. The molecule has 1 aromatic carbocycles. The number of benzene rings is 1. The molecule has 1 aliphatic heterocycles. The standard InChI is InChI=1S/C20H19N3O5/c1-4-27-12-5-6-15-11(7-12)8-13(19(24)23-15)17-14(9-21)18(22)28-10(2)16(17)20(25)26-3/h5-8,17H,4,22H2,1-3H3,(H,23,24). The fraction of sp³-hybridized carbons (Fsp3) is 0.250. The summed E-state index contributed by atoms with van der Waals surface area (Å²) in [5.74, 6) is -1.05. The fourth-order valence-corrected chi connectivity index (χ4v) is 3.24. The number of ether oxygens (including phenoxy) is 3. The number of nitrogens with two attached hydrogens (primary N) is 1. The normalized spacial score (nSPS) is 16.6. The first-order chi connectivity index (χ1) is 13.4. The summed E-state index contributed by atoms with van der Waals surface area (Å²) in [6.07, 6.45) is 0. The fourth-order valence-electron chi connectivity index (χ4n) is 3.24. The van der Waals surface area contributed by atoms with E-state index >= 15 is 0 Å². The number of nitriles is 1. The second-order valence-corrected chi connectivity index (χ2v) is 6.12. The summed E-state index contributed by atoms with van der Waals surface area (Å²) in [5.41, 5.74) is 6.21. The van der Waals surface area contributed by atoms with E-state index in [4.69, 9.17) is 19.9 Å². The molecule has 0 bridgehead atoms. The Morgan fingerprint density at radius 2 is 2.14 bits per heavy atom. The molecular weight excluding hydrogens is 362 g/mol. The Labute approximate surface area is 160 Å². The third-order valence-electron chi connectivity index (χ3n) is 4.48. The maximum atomic E-state index is 12.8. The molecule has 0 fully saturated rings. The number of carbonyl (C=O) groups is 1. The van der Waals surface area contributed by atoms with Gasteiger partial charge in [-0.1, -0.05) is 0 Å². The van der Waals surface area contributed by atoms with E-state index in [0.717, 1.165) is 0 Å². The summed E-state index contributed by atoms with van der Waals surface area (Å²) in [5, 5.41) is 10.3. The number of esters is 1. The number of H-pyrrole nitrogens is 1. The smallest absolute Gasteiger partial charge is 0.338 e. The summed E-state index contributed by atoms with van der Waals surface area (Å²) in [6, 6.07) is 8.81. The molecule has 3 N–H and O–H groups in total. The van der Waals surface area contributed by atoms with Crippen LogP contribution in [0.25, 0.3) is 10.9 Å². The molecule has 144 valence electrons. The number of methoxy groups -OCH3 is 1. The lowest BCUT2D eigenvalue weighted by atomic mass is 9.83. The summed E-state index contributed by atoms with van der Waals surface area (Å²) in [7, 11) is 1.21. The summed E-state index contributed by atoms with van der Waals surface area (Å²) < 4.78 is 15.7. The van der Waals surface area contributed by atoms with E-state index in [9.17, 15) is 14.9 Å². The van der Waals surface area contributed by atoms with Crippen molar-refractivity contribution in [1.82, 2.24) is 4.98 Å². The highest BCUT2D eigenvalue weighted by Gasteiger charge is 2.37. The minimum absolute atomic E-state index is 0.0307. The molecule has 1 aliphatic rings. The lowest BCUT2D eigenvalue weighted by Crippen LogP contribution is -2.28. The van der Waals surface area contributed by atoms with Crippen LogP contribution in [-0.4, -0.2) is 24.7 Å². The molecule has 28 heavy (non-hydrogen) atoms. The van der Waals surface area contributed by atoms with Crippen LogP contribution < -0.4 is 16.0 Å². The molecular formula is C20H19N3O5. The maximum absolute atomic E-state index is 12.8. The predicted octanol–water partition coefficient (Wildman–Crippen LogP) is 2.18. The molecule has 0 radical (unpaired) electrons. The van der Waals surface area contributed by atoms with Crippen LogP contribution in [0.15, 0.2) is 51.8 Å². The number of pyridine rings is 1. The van der Waals surface area contributed by atoms with Crippen molar-refractivity contribution in [2.75, 3.05) is 13.7 Å². The van der Waals surface area contributed by atoms with Crippen LogP contribution in [0.3, 0.4) is 0 Å². The highest BCUT2D eigenvalue weighted by Crippen LogP contribution is 2.38. The van der Waals surface area contributed by atoms with E-state index in [0.29, 0.717) is 23.3 Å². The van der Waals surface area contributed by atoms with Crippen LogP contribution in [-0.2, 0) is 14.3 Å². The Balaban J connectivity index is 2.28. The number of hydrogen-bond donors (Lipinski definition) is 2. The Bertz CT molecular complexity index is 1120. The van der Waals surface area contributed by atoms with E-state index in [1.54, 1.807) is 24.3 Å². The molecule has 1 unspecified atom stereocenters. The van der Waals surface area contributed by atoms with Crippen molar-refractivity contribution >= 4 is 16.9 Å². The first-order valence-corrected chi connectivity index (χ1v) is 8.57. The van der Waals surface area contributed by atoms with Gasteiger partial charge in [-0.15, -0.1) is 0 Å². The Morgan fingerprint density at radius 3 is 2.79 bits per heavy atom. The average molecular weight is 381 g/mol. The van der Waals surface area contributed by atoms with Crippen molar-refractivity contribution in [2.24, 2.45) is 5.73 Å². The molecule has 2 heterocycles. The molecule has 1 atom stereocenters. The molecule has 2 aromatic rings. The SMILES string of the molecule is CCOc1ccc2[nH]c(=O)c(C3C(C#N)=C(N)OC(C)=C3C(=O)OC)cc2c1. The lowest BCUT2D eigenvalue weighted by molar-refractivity contribution is -0.136. The molecule has 3 rings (SSSR count). The number of carbonyl (C=O) groups excluding carboxylic acids is 1. The number of fused-ring (bicyclic) bond motifs is 1. The monoisotopic (exact) mass is 381 g/mol. The van der Waals surface area contributed by atoms with E-state index in [2.05, 4.69) is 4.98 Å². The number of aromatic amines is 1. The molecule has 0 saturated carbocycles. The van der Waals surface area contributed by atoms with Gasteiger partial charge in [-0.3, -0.25) is 4.79 Å². The van der Waals surface area contributed by atoms with Gasteiger partial charge in [-0.25, -0.2) is 4.79 Å². The first-order valence-electron chi connectivity index (χ1n) is 8.57. The van der Waals surface area contributed by atoms with E-state index in [1.165, 1.54) is 14.0 Å². The van der Waals surface area contributed by atoms with Crippen molar-refractivity contribution in [2.45, 2.75) is 19.8 Å². The van der Waals surface area contributed by atoms with Gasteiger partial charge in [0, 0.05) is 16.5 Å². The first kappa shape index (κ1) is 19.0. The predicted molar refractivity (Wildman–Crippen MR) is 101 cm³/mol. The van der Waals surface area contributed by atoms with Crippen molar-refractivity contribution in [3.05, 3.63) is 63.0 Å². The van der Waals surface area contributed by atoms with Crippen LogP contribution in [0, 0.1) is 11.3 Å². The number of nitrogens with one attached hydrogen (secondary N) is 1. The Morgan fingerprint density at radius 1 is 1.39 bits per heavy atom. The summed E-state index contributed by atoms with van der Waals surface area (Å²) >= 11 is 0. The van der Waals surface area contributed by atoms with Gasteiger partial charge in [0.25, 0.3) is 5.56 Å². The van der Waals surface area contributed by atoms with E-state index in [1.807, 2.05) is 13.0 Å². The highest BCUT2D eigenvalue weighted by atomic mass is 16.5. The largest absolute Gasteiger partial charge is 0.494 e. The van der Waals surface area contributed by atoms with Crippen molar-refractivity contribution in [3.63, 3.8) is 0 Å². The van der Waals surface area contributed by atoms with Crippen LogP contribution in [0.2, 0.25) is 0 Å². The number of aromatic nitrogens is 1. The van der Waals surface area contributed by atoms with Crippen molar-refractivity contribution < 1.29 is 19.0 Å². The maximum Gasteiger partial charge on any atom is 0.338 e. The molecule has 8 heteroatoms. The zero-order valence-electron chi connectivity index (χ0n) is 15.7. The van der Waals surface area contributed by atoms with Crippen LogP contribution >= 0.6 is 0 Å². The quantitative estimate of drug-likeness (QED) is 0.777. The molecule has 0 amide bonds. The Kier molecular flexibility index (Phi) is 5.09. The lowest BCUT2D eigenvalue weighted by Gasteiger charge is -2.26. The molecule has 1 aromatic heterocycles. The van der Waals surface area contributed by atoms with Gasteiger partial charge >= 0.3 is 5.97 Å². The zero-order valence-corrected chi connectivity index (χ0v) is 15.7. The van der Waals surface area contributed by atoms with Gasteiger partial charge in [-0.2, -0.15) is 5.26 Å². The zero-order chi connectivity index (χ0) is 20.4. The van der Waals surface area contributed by atoms with Crippen LogP contribution in [0.1, 0.15) is 25.3 Å². The van der Waals surface area contributed by atoms with Gasteiger partial charge in [0.1, 0.15) is 23.2 Å². The minimum Gasteiger partial charge on any atom is -0.494 e. The topological polar surface area (TPSA) is 127 Å². The third kappa shape index (κ3) is 3.18. The number of hydrogen-bond acceptors (Lipinski definition) is 7. The van der Waals surface area contributed by atoms with Crippen molar-refractivity contribution in [3.8, 4) is 11.8 Å². The molecule has 0 spiro atoms.